The maximum atomic E-state index is 12.9. The molecule has 1 aromatic rings. The molecule has 2 amide bonds. The van der Waals surface area contributed by atoms with Gasteiger partial charge in [0, 0.05) is 19.3 Å². The van der Waals surface area contributed by atoms with Crippen LogP contribution in [0.5, 0.6) is 5.75 Å². The van der Waals surface area contributed by atoms with Crippen molar-refractivity contribution in [1.29, 1.82) is 0 Å². The van der Waals surface area contributed by atoms with Crippen LogP contribution in [0.25, 0.3) is 0 Å². The third-order valence-corrected chi connectivity index (χ3v) is 6.41. The van der Waals surface area contributed by atoms with Crippen LogP contribution < -0.4 is 10.5 Å². The molecule has 2 N–H and O–H groups in total. The van der Waals surface area contributed by atoms with Gasteiger partial charge in [-0.3, -0.25) is 9.59 Å². The summed E-state index contributed by atoms with van der Waals surface area (Å²) >= 11 is 0. The number of fused-ring (bicyclic) bond motifs is 1. The SMILES string of the molecule is C[C@H](Oc1ccc(S(C)(=O)=O)cc1C(=O)N1CC2CC2(C(N)=O)C1)C(F)(F)F. The summed E-state index contributed by atoms with van der Waals surface area (Å²) in [6.45, 7) is 1.05. The molecule has 0 radical (unpaired) electrons. The Hall–Kier alpha value is -2.30. The van der Waals surface area contributed by atoms with E-state index >= 15 is 0 Å². The van der Waals surface area contributed by atoms with Gasteiger partial charge < -0.3 is 15.4 Å². The fourth-order valence-corrected chi connectivity index (χ4v) is 4.10. The average Bonchev–Trinajstić information content (AvgIpc) is 3.14. The molecule has 0 bridgehead atoms. The molecule has 28 heavy (non-hydrogen) atoms. The summed E-state index contributed by atoms with van der Waals surface area (Å²) in [7, 11) is -3.71. The first-order chi connectivity index (χ1) is 12.8. The molecule has 1 aliphatic carbocycles. The molecule has 0 aromatic heterocycles. The highest BCUT2D eigenvalue weighted by Gasteiger charge is 2.65. The summed E-state index contributed by atoms with van der Waals surface area (Å²) in [4.78, 5) is 25.6. The van der Waals surface area contributed by atoms with Gasteiger partial charge in [-0.25, -0.2) is 8.42 Å². The van der Waals surface area contributed by atoms with Crippen LogP contribution in [0.3, 0.4) is 0 Å². The van der Waals surface area contributed by atoms with Crippen LogP contribution in [0.1, 0.15) is 23.7 Å². The Labute approximate surface area is 159 Å². The Morgan fingerprint density at radius 2 is 2.00 bits per heavy atom. The van der Waals surface area contributed by atoms with Gasteiger partial charge in [0.05, 0.1) is 15.9 Å². The summed E-state index contributed by atoms with van der Waals surface area (Å²) in [5.74, 6) is -1.70. The number of benzene rings is 1. The third-order valence-electron chi connectivity index (χ3n) is 5.30. The molecule has 2 aliphatic rings. The van der Waals surface area contributed by atoms with Crippen molar-refractivity contribution in [3.63, 3.8) is 0 Å². The number of rotatable bonds is 5. The number of carbonyl (C=O) groups is 2. The monoisotopic (exact) mass is 420 g/mol. The highest BCUT2D eigenvalue weighted by atomic mass is 32.2. The highest BCUT2D eigenvalue weighted by Crippen LogP contribution is 2.57. The van der Waals surface area contributed by atoms with Crippen molar-refractivity contribution in [3.8, 4) is 5.75 Å². The number of piperidine rings is 1. The van der Waals surface area contributed by atoms with Crippen LogP contribution in [-0.2, 0) is 14.6 Å². The Kier molecular flexibility index (Phi) is 4.64. The minimum absolute atomic E-state index is 0.0448. The second kappa shape index (κ2) is 6.36. The lowest BCUT2D eigenvalue weighted by molar-refractivity contribution is -0.189. The van der Waals surface area contributed by atoms with Crippen molar-refractivity contribution in [3.05, 3.63) is 23.8 Å². The molecule has 3 atom stereocenters. The van der Waals surface area contributed by atoms with E-state index in [1.54, 1.807) is 0 Å². The van der Waals surface area contributed by atoms with Crippen molar-refractivity contribution in [2.45, 2.75) is 30.5 Å². The Morgan fingerprint density at radius 3 is 2.50 bits per heavy atom. The molecule has 1 heterocycles. The molecule has 2 fully saturated rings. The lowest BCUT2D eigenvalue weighted by Crippen LogP contribution is -2.37. The number of likely N-dealkylation sites (tertiary alicyclic amines) is 1. The minimum atomic E-state index is -4.67. The van der Waals surface area contributed by atoms with Crippen molar-refractivity contribution in [2.75, 3.05) is 19.3 Å². The summed E-state index contributed by atoms with van der Waals surface area (Å²) in [6.07, 6.45) is -5.39. The first kappa shape index (κ1) is 20.4. The molecule has 2 unspecified atom stereocenters. The number of ether oxygens (including phenoxy) is 1. The van der Waals surface area contributed by atoms with Crippen molar-refractivity contribution in [2.24, 2.45) is 17.1 Å². The number of hydrogen-bond acceptors (Lipinski definition) is 5. The Bertz CT molecular complexity index is 947. The molecule has 7 nitrogen and oxygen atoms in total. The largest absolute Gasteiger partial charge is 0.480 e. The summed E-state index contributed by atoms with van der Waals surface area (Å²) in [5, 5.41) is 0. The van der Waals surface area contributed by atoms with E-state index in [-0.39, 0.29) is 35.2 Å². The number of nitrogens with two attached hydrogens (primary N) is 1. The normalized spacial score (nSPS) is 25.2. The second-order valence-electron chi connectivity index (χ2n) is 7.34. The molecule has 3 rings (SSSR count). The van der Waals surface area contributed by atoms with Gasteiger partial charge in [0.15, 0.2) is 15.9 Å². The van der Waals surface area contributed by atoms with E-state index in [4.69, 9.17) is 10.5 Å². The van der Waals surface area contributed by atoms with E-state index in [2.05, 4.69) is 0 Å². The zero-order chi connectivity index (χ0) is 21.1. The smallest absolute Gasteiger partial charge is 0.425 e. The van der Waals surface area contributed by atoms with Gasteiger partial charge >= 0.3 is 6.18 Å². The van der Waals surface area contributed by atoms with Gasteiger partial charge in [0.2, 0.25) is 5.91 Å². The zero-order valence-electron chi connectivity index (χ0n) is 15.1. The van der Waals surface area contributed by atoms with Crippen LogP contribution in [0.15, 0.2) is 23.1 Å². The van der Waals surface area contributed by atoms with E-state index in [1.165, 1.54) is 4.90 Å². The predicted octanol–water partition coefficient (Wildman–Crippen LogP) is 1.37. The lowest BCUT2D eigenvalue weighted by atomic mass is 10.1. The third kappa shape index (κ3) is 3.54. The Balaban J connectivity index is 1.95. The standard InChI is InChI=1S/C17H19F3N2O5S/c1-9(17(18,19)20)27-13-4-3-11(28(2,25)26)5-12(13)14(23)22-7-10-6-16(10,8-22)15(21)24/h3-5,9-10H,6-8H2,1-2H3,(H2,21,24)/t9-,10?,16?/m0/s1. The lowest BCUT2D eigenvalue weighted by Gasteiger charge is -2.24. The number of carbonyl (C=O) groups excluding carboxylic acids is 2. The number of alkyl halides is 3. The van der Waals surface area contributed by atoms with Gasteiger partial charge in [-0.15, -0.1) is 0 Å². The van der Waals surface area contributed by atoms with E-state index < -0.39 is 39.3 Å². The maximum absolute atomic E-state index is 12.9. The molecule has 154 valence electrons. The first-order valence-electron chi connectivity index (χ1n) is 8.42. The van der Waals surface area contributed by atoms with E-state index in [0.29, 0.717) is 6.42 Å². The molecular weight excluding hydrogens is 401 g/mol. The molecule has 1 aliphatic heterocycles. The first-order valence-corrected chi connectivity index (χ1v) is 10.3. The van der Waals surface area contributed by atoms with Gasteiger partial charge in [-0.1, -0.05) is 0 Å². The van der Waals surface area contributed by atoms with Crippen LogP contribution in [0, 0.1) is 11.3 Å². The van der Waals surface area contributed by atoms with E-state index in [9.17, 15) is 31.2 Å². The molecule has 1 aromatic carbocycles. The number of halogens is 3. The number of primary amides is 1. The topological polar surface area (TPSA) is 107 Å². The van der Waals surface area contributed by atoms with Gasteiger partial charge in [0.25, 0.3) is 5.91 Å². The molecular formula is C17H19F3N2O5S. The number of nitrogens with zero attached hydrogens (tertiary/aromatic N) is 1. The second-order valence-corrected chi connectivity index (χ2v) is 9.35. The fraction of sp³-hybridized carbons (Fsp3) is 0.529. The summed E-state index contributed by atoms with van der Waals surface area (Å²) < 4.78 is 67.1. The molecule has 1 saturated heterocycles. The number of amides is 2. The van der Waals surface area contributed by atoms with Crippen molar-refractivity contribution < 1.29 is 35.9 Å². The van der Waals surface area contributed by atoms with Gasteiger partial charge in [-0.05, 0) is 37.5 Å². The highest BCUT2D eigenvalue weighted by molar-refractivity contribution is 7.90. The molecule has 1 saturated carbocycles. The van der Waals surface area contributed by atoms with Gasteiger partial charge in [0.1, 0.15) is 5.75 Å². The van der Waals surface area contributed by atoms with E-state index in [0.717, 1.165) is 31.4 Å². The molecule has 11 heteroatoms. The van der Waals surface area contributed by atoms with Crippen LogP contribution in [0.2, 0.25) is 0 Å². The number of sulfone groups is 1. The molecule has 0 spiro atoms. The van der Waals surface area contributed by atoms with Crippen LogP contribution in [-0.4, -0.2) is 56.8 Å². The van der Waals surface area contributed by atoms with Crippen molar-refractivity contribution in [1.82, 2.24) is 4.90 Å². The number of hydrogen-bond donors (Lipinski definition) is 1. The Morgan fingerprint density at radius 1 is 1.36 bits per heavy atom. The summed E-state index contributed by atoms with van der Waals surface area (Å²) in [5.41, 5.74) is 4.29. The fourth-order valence-electron chi connectivity index (χ4n) is 3.46. The summed E-state index contributed by atoms with van der Waals surface area (Å²) in [6, 6.07) is 3.11. The minimum Gasteiger partial charge on any atom is -0.480 e. The van der Waals surface area contributed by atoms with Crippen LogP contribution in [0.4, 0.5) is 13.2 Å². The maximum Gasteiger partial charge on any atom is 0.425 e. The van der Waals surface area contributed by atoms with Gasteiger partial charge in [-0.2, -0.15) is 13.2 Å². The quantitative estimate of drug-likeness (QED) is 0.774. The predicted molar refractivity (Wildman–Crippen MR) is 91.3 cm³/mol. The average molecular weight is 420 g/mol. The zero-order valence-corrected chi connectivity index (χ0v) is 15.9. The van der Waals surface area contributed by atoms with E-state index in [1.807, 2.05) is 0 Å². The van der Waals surface area contributed by atoms with Crippen molar-refractivity contribution >= 4 is 21.7 Å². The van der Waals surface area contributed by atoms with Crippen LogP contribution >= 0.6 is 0 Å².